The van der Waals surface area contributed by atoms with Crippen molar-refractivity contribution in [3.8, 4) is 0 Å². The van der Waals surface area contributed by atoms with E-state index in [9.17, 15) is 9.59 Å². The molecule has 0 fully saturated rings. The molecule has 6 heteroatoms. The number of benzene rings is 1. The van der Waals surface area contributed by atoms with Crippen LogP contribution in [0.2, 0.25) is 4.34 Å². The van der Waals surface area contributed by atoms with Crippen LogP contribution in [0.4, 0.5) is 0 Å². The van der Waals surface area contributed by atoms with Gasteiger partial charge in [0.05, 0.1) is 10.9 Å². The van der Waals surface area contributed by atoms with Gasteiger partial charge in [-0.15, -0.1) is 11.3 Å². The van der Waals surface area contributed by atoms with E-state index < -0.39 is 0 Å². The van der Waals surface area contributed by atoms with Crippen molar-refractivity contribution in [2.45, 2.75) is 13.0 Å². The fourth-order valence-corrected chi connectivity index (χ4v) is 3.07. The van der Waals surface area contributed by atoms with Crippen LogP contribution < -0.4 is 5.32 Å². The zero-order chi connectivity index (χ0) is 15.9. The number of rotatable bonds is 6. The Kier molecular flexibility index (Phi) is 5.98. The summed E-state index contributed by atoms with van der Waals surface area (Å²) >= 11 is 7.33. The van der Waals surface area contributed by atoms with Crippen molar-refractivity contribution in [2.24, 2.45) is 0 Å². The molecule has 2 amide bonds. The Morgan fingerprint density at radius 1 is 1.18 bits per heavy atom. The van der Waals surface area contributed by atoms with E-state index in [-0.39, 0.29) is 18.2 Å². The molecule has 2 aromatic rings. The summed E-state index contributed by atoms with van der Waals surface area (Å²) in [7, 11) is 1.75. The lowest BCUT2D eigenvalue weighted by atomic mass is 10.2. The molecule has 1 aromatic heterocycles. The predicted molar refractivity (Wildman–Crippen MR) is 89.2 cm³/mol. The smallest absolute Gasteiger partial charge is 0.251 e. The second kappa shape index (κ2) is 7.96. The van der Waals surface area contributed by atoms with Gasteiger partial charge in [-0.2, -0.15) is 0 Å². The number of hydrogen-bond donors (Lipinski definition) is 1. The standard InChI is InChI=1S/C16H17ClN2O2S/c1-19(11-13-7-8-14(17)22-13)15(20)9-10-18-16(21)12-5-3-2-4-6-12/h2-8H,9-11H2,1H3,(H,18,21). The van der Waals surface area contributed by atoms with Crippen LogP contribution in [0.15, 0.2) is 42.5 Å². The maximum Gasteiger partial charge on any atom is 0.251 e. The molecule has 0 aliphatic carbocycles. The number of hydrogen-bond acceptors (Lipinski definition) is 3. The van der Waals surface area contributed by atoms with Crippen molar-refractivity contribution < 1.29 is 9.59 Å². The first-order valence-corrected chi connectivity index (χ1v) is 8.07. The Morgan fingerprint density at radius 2 is 1.91 bits per heavy atom. The molecule has 1 aromatic carbocycles. The Morgan fingerprint density at radius 3 is 2.55 bits per heavy atom. The van der Waals surface area contributed by atoms with Gasteiger partial charge in [-0.05, 0) is 24.3 Å². The van der Waals surface area contributed by atoms with Crippen LogP contribution in [0.5, 0.6) is 0 Å². The second-order valence-corrected chi connectivity index (χ2v) is 6.63. The average molecular weight is 337 g/mol. The maximum atomic E-state index is 12.0. The fraction of sp³-hybridized carbons (Fsp3) is 0.250. The van der Waals surface area contributed by atoms with Gasteiger partial charge >= 0.3 is 0 Å². The summed E-state index contributed by atoms with van der Waals surface area (Å²) in [6.07, 6.45) is 0.272. The molecular weight excluding hydrogens is 320 g/mol. The molecule has 0 spiro atoms. The molecule has 0 saturated carbocycles. The topological polar surface area (TPSA) is 49.4 Å². The minimum atomic E-state index is -0.166. The monoisotopic (exact) mass is 336 g/mol. The van der Waals surface area contributed by atoms with Gasteiger partial charge in [-0.1, -0.05) is 29.8 Å². The van der Waals surface area contributed by atoms with Gasteiger partial charge in [-0.25, -0.2) is 0 Å². The number of nitrogens with zero attached hydrogens (tertiary/aromatic N) is 1. The molecular formula is C16H17ClN2O2S. The summed E-state index contributed by atoms with van der Waals surface area (Å²) in [5.74, 6) is -0.182. The van der Waals surface area contributed by atoms with Crippen molar-refractivity contribution in [3.63, 3.8) is 0 Å². The lowest BCUT2D eigenvalue weighted by Gasteiger charge is -2.16. The molecule has 0 saturated heterocycles. The molecule has 0 aliphatic heterocycles. The molecule has 0 radical (unpaired) electrons. The average Bonchev–Trinajstić information content (AvgIpc) is 2.93. The van der Waals surface area contributed by atoms with Gasteiger partial charge < -0.3 is 10.2 Å². The highest BCUT2D eigenvalue weighted by atomic mass is 35.5. The summed E-state index contributed by atoms with van der Waals surface area (Å²) in [5.41, 5.74) is 0.594. The summed E-state index contributed by atoms with van der Waals surface area (Å²) in [6.45, 7) is 0.852. The normalized spacial score (nSPS) is 10.3. The minimum absolute atomic E-state index is 0.0158. The van der Waals surface area contributed by atoms with Gasteiger partial charge in [-0.3, -0.25) is 9.59 Å². The highest BCUT2D eigenvalue weighted by Gasteiger charge is 2.11. The Labute approximate surface area is 138 Å². The molecule has 1 N–H and O–H groups in total. The highest BCUT2D eigenvalue weighted by Crippen LogP contribution is 2.22. The van der Waals surface area contributed by atoms with E-state index >= 15 is 0 Å². The lowest BCUT2D eigenvalue weighted by molar-refractivity contribution is -0.130. The van der Waals surface area contributed by atoms with Crippen LogP contribution in [0.1, 0.15) is 21.7 Å². The van der Waals surface area contributed by atoms with Gasteiger partial charge in [0.2, 0.25) is 5.91 Å². The van der Waals surface area contributed by atoms with E-state index in [1.165, 1.54) is 11.3 Å². The number of thiophene rings is 1. The van der Waals surface area contributed by atoms with Crippen LogP contribution in [-0.2, 0) is 11.3 Å². The molecule has 0 bridgehead atoms. The van der Waals surface area contributed by atoms with E-state index in [1.807, 2.05) is 18.2 Å². The van der Waals surface area contributed by atoms with Crippen LogP contribution in [0.25, 0.3) is 0 Å². The minimum Gasteiger partial charge on any atom is -0.352 e. The van der Waals surface area contributed by atoms with Crippen LogP contribution in [-0.4, -0.2) is 30.3 Å². The van der Waals surface area contributed by atoms with E-state index in [2.05, 4.69) is 5.32 Å². The Hall–Kier alpha value is -1.85. The van der Waals surface area contributed by atoms with Gasteiger partial charge in [0.15, 0.2) is 0 Å². The quantitative estimate of drug-likeness (QED) is 0.880. The van der Waals surface area contributed by atoms with Crippen LogP contribution in [0, 0.1) is 0 Å². The van der Waals surface area contributed by atoms with E-state index in [4.69, 9.17) is 11.6 Å². The number of amides is 2. The summed E-state index contributed by atoms with van der Waals surface area (Å²) < 4.78 is 0.714. The molecule has 2 rings (SSSR count). The lowest BCUT2D eigenvalue weighted by Crippen LogP contribution is -2.31. The number of carbonyl (C=O) groups excluding carboxylic acids is 2. The van der Waals surface area contributed by atoms with E-state index in [0.29, 0.717) is 23.0 Å². The van der Waals surface area contributed by atoms with Gasteiger partial charge in [0.25, 0.3) is 5.91 Å². The Balaban J connectivity index is 1.74. The first-order chi connectivity index (χ1) is 10.6. The molecule has 4 nitrogen and oxygen atoms in total. The maximum absolute atomic E-state index is 12.0. The van der Waals surface area contributed by atoms with Crippen LogP contribution in [0.3, 0.4) is 0 Å². The predicted octanol–water partition coefficient (Wildman–Crippen LogP) is 3.18. The molecule has 116 valence electrons. The van der Waals surface area contributed by atoms with Gasteiger partial charge in [0.1, 0.15) is 0 Å². The third kappa shape index (κ3) is 4.86. The zero-order valence-corrected chi connectivity index (χ0v) is 13.8. The third-order valence-electron chi connectivity index (χ3n) is 3.11. The Bertz CT molecular complexity index is 643. The van der Waals surface area contributed by atoms with E-state index in [0.717, 1.165) is 4.88 Å². The van der Waals surface area contributed by atoms with Gasteiger partial charge in [0, 0.05) is 30.5 Å². The van der Waals surface area contributed by atoms with E-state index in [1.54, 1.807) is 36.2 Å². The number of carbonyl (C=O) groups is 2. The van der Waals surface area contributed by atoms with Crippen LogP contribution >= 0.6 is 22.9 Å². The molecule has 22 heavy (non-hydrogen) atoms. The van der Waals surface area contributed by atoms with Crippen molar-refractivity contribution in [1.82, 2.24) is 10.2 Å². The highest BCUT2D eigenvalue weighted by molar-refractivity contribution is 7.16. The number of halogens is 1. The largest absolute Gasteiger partial charge is 0.352 e. The summed E-state index contributed by atoms with van der Waals surface area (Å²) in [4.78, 5) is 26.5. The molecule has 0 atom stereocenters. The first kappa shape index (κ1) is 16.5. The first-order valence-electron chi connectivity index (χ1n) is 6.87. The zero-order valence-electron chi connectivity index (χ0n) is 12.2. The SMILES string of the molecule is CN(Cc1ccc(Cl)s1)C(=O)CCNC(=O)c1ccccc1. The fourth-order valence-electron chi connectivity index (χ4n) is 1.92. The molecule has 1 heterocycles. The van der Waals surface area contributed by atoms with Crippen molar-refractivity contribution in [2.75, 3.05) is 13.6 Å². The van der Waals surface area contributed by atoms with Crippen molar-refractivity contribution in [1.29, 1.82) is 0 Å². The van der Waals surface area contributed by atoms with Crippen molar-refractivity contribution in [3.05, 3.63) is 57.2 Å². The number of nitrogens with one attached hydrogen (secondary N) is 1. The second-order valence-electron chi connectivity index (χ2n) is 4.83. The molecule has 0 aliphatic rings. The third-order valence-corrected chi connectivity index (χ3v) is 4.32. The summed E-state index contributed by atoms with van der Waals surface area (Å²) in [6, 6.07) is 12.7. The summed E-state index contributed by atoms with van der Waals surface area (Å²) in [5, 5.41) is 2.75. The molecule has 0 unspecified atom stereocenters. The van der Waals surface area contributed by atoms with Crippen molar-refractivity contribution >= 4 is 34.8 Å².